The van der Waals surface area contributed by atoms with Gasteiger partial charge in [-0.1, -0.05) is 18.2 Å². The number of carbonyl (C=O) groups excluding carboxylic acids is 2. The molecule has 1 atom stereocenters. The first-order valence-corrected chi connectivity index (χ1v) is 10.2. The molecule has 2 aromatic carbocycles. The SMILES string of the molecule is O=C(NNC(=O)c1ccc2[nH]cc(C3=CN=CC(C4CC4)N3)c2c1)Nc1ccccc1. The van der Waals surface area contributed by atoms with Crippen LogP contribution in [0.15, 0.2) is 65.9 Å². The number of para-hydroxylation sites is 1. The van der Waals surface area contributed by atoms with Crippen molar-refractivity contribution >= 4 is 40.4 Å². The van der Waals surface area contributed by atoms with Crippen molar-refractivity contribution in [1.29, 1.82) is 0 Å². The van der Waals surface area contributed by atoms with Gasteiger partial charge >= 0.3 is 6.03 Å². The van der Waals surface area contributed by atoms with E-state index in [1.165, 1.54) is 12.8 Å². The number of urea groups is 1. The van der Waals surface area contributed by atoms with Gasteiger partial charge in [0, 0.05) is 40.1 Å². The molecule has 1 aromatic heterocycles. The molecule has 1 unspecified atom stereocenters. The van der Waals surface area contributed by atoms with E-state index in [0.29, 0.717) is 17.2 Å². The van der Waals surface area contributed by atoms with Crippen LogP contribution in [0.25, 0.3) is 16.6 Å². The number of anilines is 1. The van der Waals surface area contributed by atoms with Gasteiger partial charge in [0.2, 0.25) is 0 Å². The Morgan fingerprint density at radius 3 is 2.68 bits per heavy atom. The summed E-state index contributed by atoms with van der Waals surface area (Å²) in [5.74, 6) is 0.240. The lowest BCUT2D eigenvalue weighted by Crippen LogP contribution is -2.43. The fourth-order valence-corrected chi connectivity index (χ4v) is 3.66. The van der Waals surface area contributed by atoms with Crippen molar-refractivity contribution in [2.45, 2.75) is 18.9 Å². The molecule has 1 aliphatic heterocycles. The van der Waals surface area contributed by atoms with Crippen LogP contribution in [0.3, 0.4) is 0 Å². The molecule has 1 saturated carbocycles. The Balaban J connectivity index is 1.28. The summed E-state index contributed by atoms with van der Waals surface area (Å²) in [6, 6.07) is 14.1. The van der Waals surface area contributed by atoms with E-state index in [4.69, 9.17) is 0 Å². The third kappa shape index (κ3) is 4.13. The first-order valence-electron chi connectivity index (χ1n) is 10.2. The average molecular weight is 414 g/mol. The number of aromatic amines is 1. The van der Waals surface area contributed by atoms with Crippen molar-refractivity contribution in [3.05, 3.63) is 72.1 Å². The first kappa shape index (κ1) is 18.9. The van der Waals surface area contributed by atoms with E-state index in [9.17, 15) is 9.59 Å². The summed E-state index contributed by atoms with van der Waals surface area (Å²) in [5.41, 5.74) is 8.70. The van der Waals surface area contributed by atoms with E-state index in [1.807, 2.05) is 42.9 Å². The van der Waals surface area contributed by atoms with Crippen LogP contribution < -0.4 is 21.5 Å². The highest BCUT2D eigenvalue weighted by Gasteiger charge is 2.31. The normalized spacial score (nSPS) is 17.5. The summed E-state index contributed by atoms with van der Waals surface area (Å²) < 4.78 is 0. The maximum Gasteiger partial charge on any atom is 0.337 e. The molecule has 3 amide bonds. The van der Waals surface area contributed by atoms with Gasteiger partial charge in [-0.2, -0.15) is 0 Å². The topological polar surface area (TPSA) is 110 Å². The van der Waals surface area contributed by atoms with Crippen molar-refractivity contribution in [2.75, 3.05) is 5.32 Å². The maximum atomic E-state index is 12.6. The lowest BCUT2D eigenvalue weighted by Gasteiger charge is -2.20. The molecule has 2 heterocycles. The second kappa shape index (κ2) is 7.98. The number of hydrazine groups is 1. The molecular formula is C23H22N6O2. The highest BCUT2D eigenvalue weighted by Crippen LogP contribution is 2.35. The number of rotatable bonds is 4. The predicted molar refractivity (Wildman–Crippen MR) is 120 cm³/mol. The molecule has 0 saturated heterocycles. The van der Waals surface area contributed by atoms with Crippen LogP contribution in [0.2, 0.25) is 0 Å². The summed E-state index contributed by atoms with van der Waals surface area (Å²) >= 11 is 0. The van der Waals surface area contributed by atoms with E-state index < -0.39 is 11.9 Å². The van der Waals surface area contributed by atoms with Crippen LogP contribution in [0.4, 0.5) is 10.5 Å². The second-order valence-corrected chi connectivity index (χ2v) is 7.71. The number of carbonyl (C=O) groups is 2. The first-order chi connectivity index (χ1) is 15.2. The Bertz CT molecular complexity index is 1190. The van der Waals surface area contributed by atoms with Crippen LogP contribution in [0.1, 0.15) is 28.8 Å². The Kier molecular flexibility index (Phi) is 4.87. The molecule has 8 nitrogen and oxygen atoms in total. The van der Waals surface area contributed by atoms with Crippen molar-refractivity contribution in [2.24, 2.45) is 10.9 Å². The summed E-state index contributed by atoms with van der Waals surface area (Å²) in [6.07, 6.45) is 8.13. The largest absolute Gasteiger partial charge is 0.375 e. The molecule has 5 N–H and O–H groups in total. The number of nitrogens with zero attached hydrogens (tertiary/aromatic N) is 1. The quantitative estimate of drug-likeness (QED) is 0.422. The van der Waals surface area contributed by atoms with Gasteiger partial charge in [-0.05, 0) is 49.1 Å². The van der Waals surface area contributed by atoms with Crippen molar-refractivity contribution in [1.82, 2.24) is 21.2 Å². The van der Waals surface area contributed by atoms with Gasteiger partial charge in [0.1, 0.15) is 0 Å². The van der Waals surface area contributed by atoms with Gasteiger partial charge in [0.05, 0.1) is 17.9 Å². The Morgan fingerprint density at radius 2 is 1.87 bits per heavy atom. The monoisotopic (exact) mass is 414 g/mol. The lowest BCUT2D eigenvalue weighted by molar-refractivity contribution is 0.0938. The molecule has 0 bridgehead atoms. The molecule has 3 aromatic rings. The number of aromatic nitrogens is 1. The molecule has 0 radical (unpaired) electrons. The van der Waals surface area contributed by atoms with E-state index in [1.54, 1.807) is 24.3 Å². The van der Waals surface area contributed by atoms with Crippen LogP contribution in [0, 0.1) is 5.92 Å². The summed E-state index contributed by atoms with van der Waals surface area (Å²) in [5, 5.41) is 7.10. The minimum atomic E-state index is -0.525. The number of fused-ring (bicyclic) bond motifs is 1. The smallest absolute Gasteiger partial charge is 0.337 e. The van der Waals surface area contributed by atoms with Crippen molar-refractivity contribution in [3.63, 3.8) is 0 Å². The Hall–Kier alpha value is -4.07. The zero-order chi connectivity index (χ0) is 21.2. The standard InChI is InChI=1S/C23H22N6O2/c30-22(28-29-23(31)26-16-4-2-1-3-5-16)15-8-9-19-17(10-15)18(11-25-19)21-13-24-12-20(27-21)14-6-7-14/h1-5,8-14,20,25,27H,6-7H2,(H,28,30)(H2,26,29,31). The molecule has 156 valence electrons. The van der Waals surface area contributed by atoms with Gasteiger partial charge in [-0.25, -0.2) is 10.2 Å². The summed E-state index contributed by atoms with van der Waals surface area (Å²) in [6.45, 7) is 0. The van der Waals surface area contributed by atoms with Gasteiger partial charge in [-0.15, -0.1) is 0 Å². The Labute approximate surface area is 178 Å². The number of aliphatic imine (C=N–C) groups is 1. The van der Waals surface area contributed by atoms with E-state index >= 15 is 0 Å². The van der Waals surface area contributed by atoms with Crippen LogP contribution in [-0.4, -0.2) is 29.2 Å². The van der Waals surface area contributed by atoms with Gasteiger partial charge < -0.3 is 15.6 Å². The number of nitrogens with one attached hydrogen (secondary N) is 5. The molecule has 8 heteroatoms. The van der Waals surface area contributed by atoms with Crippen molar-refractivity contribution < 1.29 is 9.59 Å². The fourth-order valence-electron chi connectivity index (χ4n) is 3.66. The predicted octanol–water partition coefficient (Wildman–Crippen LogP) is 3.39. The van der Waals surface area contributed by atoms with Gasteiger partial charge in [-0.3, -0.25) is 15.2 Å². The zero-order valence-electron chi connectivity index (χ0n) is 16.7. The summed E-state index contributed by atoms with van der Waals surface area (Å²) in [4.78, 5) is 32.2. The number of H-pyrrole nitrogens is 1. The van der Waals surface area contributed by atoms with Crippen LogP contribution in [-0.2, 0) is 0 Å². The minimum Gasteiger partial charge on any atom is -0.375 e. The molecule has 1 fully saturated rings. The highest BCUT2D eigenvalue weighted by molar-refractivity contribution is 6.02. The third-order valence-electron chi connectivity index (χ3n) is 5.46. The van der Waals surface area contributed by atoms with Crippen LogP contribution >= 0.6 is 0 Å². The fraction of sp³-hybridized carbons (Fsp3) is 0.174. The highest BCUT2D eigenvalue weighted by atomic mass is 16.2. The zero-order valence-corrected chi connectivity index (χ0v) is 16.7. The molecule has 5 rings (SSSR count). The van der Waals surface area contributed by atoms with Crippen molar-refractivity contribution in [3.8, 4) is 0 Å². The minimum absolute atomic E-state index is 0.253. The third-order valence-corrected chi connectivity index (χ3v) is 5.46. The molecule has 1 aliphatic carbocycles. The average Bonchev–Trinajstić information content (AvgIpc) is 3.57. The number of hydrogen-bond acceptors (Lipinski definition) is 4. The van der Waals surface area contributed by atoms with Gasteiger partial charge in [0.25, 0.3) is 5.91 Å². The Morgan fingerprint density at radius 1 is 1.03 bits per heavy atom. The second-order valence-electron chi connectivity index (χ2n) is 7.71. The van der Waals surface area contributed by atoms with E-state index in [2.05, 4.69) is 31.5 Å². The van der Waals surface area contributed by atoms with E-state index in [0.717, 1.165) is 22.2 Å². The van der Waals surface area contributed by atoms with Gasteiger partial charge in [0.15, 0.2) is 0 Å². The maximum absolute atomic E-state index is 12.6. The molecule has 2 aliphatic rings. The van der Waals surface area contributed by atoms with Crippen LogP contribution in [0.5, 0.6) is 0 Å². The summed E-state index contributed by atoms with van der Waals surface area (Å²) in [7, 11) is 0. The molecule has 31 heavy (non-hydrogen) atoms. The lowest BCUT2D eigenvalue weighted by atomic mass is 10.1. The van der Waals surface area contributed by atoms with E-state index in [-0.39, 0.29) is 6.04 Å². The number of hydrogen-bond donors (Lipinski definition) is 5. The number of benzene rings is 2. The molecule has 0 spiro atoms. The molecular weight excluding hydrogens is 392 g/mol. The number of amides is 3.